The van der Waals surface area contributed by atoms with Gasteiger partial charge in [0.05, 0.1) is 5.69 Å². The molecule has 1 aromatic heterocycles. The van der Waals surface area contributed by atoms with Gasteiger partial charge in [-0.05, 0) is 19.3 Å². The molecule has 4 heteroatoms. The highest BCUT2D eigenvalue weighted by atomic mass is 32.1. The molecule has 0 saturated heterocycles. The molecule has 0 aliphatic carbocycles. The SMILES string of the molecule is CCOC(c1nc(CC)c(CNC(C)C)s1)C(C)C. The number of aryl methyl sites for hydroxylation is 1. The Morgan fingerprint density at radius 3 is 2.37 bits per heavy atom. The van der Waals surface area contributed by atoms with Gasteiger partial charge >= 0.3 is 0 Å². The molecular formula is C15H28N2OS. The second-order valence-corrected chi connectivity index (χ2v) is 6.55. The minimum Gasteiger partial charge on any atom is -0.371 e. The summed E-state index contributed by atoms with van der Waals surface area (Å²) in [5.41, 5.74) is 1.22. The van der Waals surface area contributed by atoms with Crippen LogP contribution in [0.1, 0.15) is 63.2 Å². The van der Waals surface area contributed by atoms with Crippen molar-refractivity contribution in [2.75, 3.05) is 6.61 Å². The molecule has 1 rings (SSSR count). The smallest absolute Gasteiger partial charge is 0.122 e. The Morgan fingerprint density at radius 1 is 1.21 bits per heavy atom. The lowest BCUT2D eigenvalue weighted by Gasteiger charge is -2.18. The number of hydrogen-bond acceptors (Lipinski definition) is 4. The predicted molar refractivity (Wildman–Crippen MR) is 82.7 cm³/mol. The first kappa shape index (κ1) is 16.6. The monoisotopic (exact) mass is 284 g/mol. The van der Waals surface area contributed by atoms with Gasteiger partial charge in [-0.1, -0.05) is 34.6 Å². The van der Waals surface area contributed by atoms with E-state index >= 15 is 0 Å². The number of nitrogens with one attached hydrogen (secondary N) is 1. The van der Waals surface area contributed by atoms with E-state index in [1.54, 1.807) is 11.3 Å². The summed E-state index contributed by atoms with van der Waals surface area (Å²) >= 11 is 1.80. The van der Waals surface area contributed by atoms with Gasteiger partial charge in [0.1, 0.15) is 11.1 Å². The third-order valence-corrected chi connectivity index (χ3v) is 4.15. The van der Waals surface area contributed by atoms with E-state index in [2.05, 4.69) is 39.9 Å². The summed E-state index contributed by atoms with van der Waals surface area (Å²) in [6, 6.07) is 0.503. The molecule has 0 saturated carbocycles. The van der Waals surface area contributed by atoms with Crippen LogP contribution < -0.4 is 5.32 Å². The van der Waals surface area contributed by atoms with Gasteiger partial charge in [0.15, 0.2) is 0 Å². The molecule has 1 aromatic rings. The van der Waals surface area contributed by atoms with Crippen molar-refractivity contribution >= 4 is 11.3 Å². The van der Waals surface area contributed by atoms with Crippen LogP contribution in [-0.4, -0.2) is 17.6 Å². The van der Waals surface area contributed by atoms with Crippen molar-refractivity contribution in [3.8, 4) is 0 Å². The van der Waals surface area contributed by atoms with Gasteiger partial charge in [0.25, 0.3) is 0 Å². The molecule has 0 fully saturated rings. The Balaban J connectivity index is 2.89. The zero-order valence-electron chi connectivity index (χ0n) is 13.1. The highest BCUT2D eigenvalue weighted by molar-refractivity contribution is 7.11. The molecule has 0 spiro atoms. The van der Waals surface area contributed by atoms with Gasteiger partial charge in [0.2, 0.25) is 0 Å². The average Bonchev–Trinajstić information content (AvgIpc) is 2.75. The highest BCUT2D eigenvalue weighted by Crippen LogP contribution is 2.31. The third-order valence-electron chi connectivity index (χ3n) is 3.00. The summed E-state index contributed by atoms with van der Waals surface area (Å²) < 4.78 is 5.86. The summed E-state index contributed by atoms with van der Waals surface area (Å²) in [4.78, 5) is 6.16. The van der Waals surface area contributed by atoms with E-state index < -0.39 is 0 Å². The molecule has 0 aliphatic rings. The normalized spacial score (nSPS) is 13.5. The molecule has 19 heavy (non-hydrogen) atoms. The minimum absolute atomic E-state index is 0.132. The maximum absolute atomic E-state index is 5.86. The van der Waals surface area contributed by atoms with Crippen LogP contribution >= 0.6 is 11.3 Å². The van der Waals surface area contributed by atoms with Gasteiger partial charge in [-0.3, -0.25) is 0 Å². The van der Waals surface area contributed by atoms with E-state index in [4.69, 9.17) is 9.72 Å². The zero-order chi connectivity index (χ0) is 14.4. The number of nitrogens with zero attached hydrogens (tertiary/aromatic N) is 1. The maximum Gasteiger partial charge on any atom is 0.122 e. The Kier molecular flexibility index (Phi) is 6.97. The first-order chi connectivity index (χ1) is 8.99. The fourth-order valence-corrected chi connectivity index (χ4v) is 3.29. The van der Waals surface area contributed by atoms with Crippen molar-refractivity contribution in [1.29, 1.82) is 0 Å². The van der Waals surface area contributed by atoms with E-state index in [-0.39, 0.29) is 6.10 Å². The van der Waals surface area contributed by atoms with Crippen molar-refractivity contribution < 1.29 is 4.74 Å². The molecule has 3 nitrogen and oxygen atoms in total. The standard InChI is InChI=1S/C15H28N2OS/c1-7-12-13(9-16-11(5)6)19-15(17-12)14(10(3)4)18-8-2/h10-11,14,16H,7-9H2,1-6H3. The maximum atomic E-state index is 5.86. The number of thiazole rings is 1. The topological polar surface area (TPSA) is 34.1 Å². The molecule has 110 valence electrons. The van der Waals surface area contributed by atoms with Crippen molar-refractivity contribution in [3.05, 3.63) is 15.6 Å². The van der Waals surface area contributed by atoms with E-state index in [0.717, 1.165) is 24.6 Å². The second-order valence-electron chi connectivity index (χ2n) is 5.43. The summed E-state index contributed by atoms with van der Waals surface area (Å²) in [5.74, 6) is 0.460. The Hall–Kier alpha value is -0.450. The molecule has 0 amide bonds. The van der Waals surface area contributed by atoms with Crippen molar-refractivity contribution in [3.63, 3.8) is 0 Å². The largest absolute Gasteiger partial charge is 0.371 e. The molecule has 1 atom stereocenters. The van der Waals surface area contributed by atoms with Gasteiger partial charge in [-0.15, -0.1) is 11.3 Å². The lowest BCUT2D eigenvalue weighted by molar-refractivity contribution is 0.0292. The molecule has 1 unspecified atom stereocenters. The predicted octanol–water partition coefficient (Wildman–Crippen LogP) is 3.94. The van der Waals surface area contributed by atoms with Crippen molar-refractivity contribution in [2.45, 2.75) is 66.7 Å². The van der Waals surface area contributed by atoms with E-state index in [1.165, 1.54) is 10.6 Å². The van der Waals surface area contributed by atoms with Gasteiger partial charge in [-0.25, -0.2) is 4.98 Å². The summed E-state index contributed by atoms with van der Waals surface area (Å²) in [6.45, 7) is 14.6. The molecule has 0 aromatic carbocycles. The fraction of sp³-hybridized carbons (Fsp3) is 0.800. The molecule has 1 heterocycles. The second kappa shape index (κ2) is 7.98. The molecule has 0 aliphatic heterocycles. The van der Waals surface area contributed by atoms with E-state index in [0.29, 0.717) is 12.0 Å². The lowest BCUT2D eigenvalue weighted by atomic mass is 10.1. The number of rotatable bonds is 8. The lowest BCUT2D eigenvalue weighted by Crippen LogP contribution is -2.21. The minimum atomic E-state index is 0.132. The van der Waals surface area contributed by atoms with Crippen LogP contribution in [0, 0.1) is 5.92 Å². The van der Waals surface area contributed by atoms with Gasteiger partial charge < -0.3 is 10.1 Å². The van der Waals surface area contributed by atoms with Gasteiger partial charge in [-0.2, -0.15) is 0 Å². The molecule has 1 N–H and O–H groups in total. The fourth-order valence-electron chi connectivity index (χ4n) is 1.96. The molecule has 0 bridgehead atoms. The Morgan fingerprint density at radius 2 is 1.89 bits per heavy atom. The van der Waals surface area contributed by atoms with E-state index in [1.807, 2.05) is 6.92 Å². The third kappa shape index (κ3) is 4.86. The van der Waals surface area contributed by atoms with Crippen LogP contribution in [0.15, 0.2) is 0 Å². The Bertz CT molecular complexity index is 374. The highest BCUT2D eigenvalue weighted by Gasteiger charge is 2.21. The summed E-state index contributed by atoms with van der Waals surface area (Å²) in [5, 5.41) is 4.61. The first-order valence-corrected chi connectivity index (χ1v) is 8.14. The summed E-state index contributed by atoms with van der Waals surface area (Å²) in [6.07, 6.45) is 1.12. The number of hydrogen-bond donors (Lipinski definition) is 1. The van der Waals surface area contributed by atoms with Gasteiger partial charge in [0, 0.05) is 24.1 Å². The molecule has 0 radical (unpaired) electrons. The average molecular weight is 284 g/mol. The van der Waals surface area contributed by atoms with Crippen LogP contribution in [0.3, 0.4) is 0 Å². The van der Waals surface area contributed by atoms with Crippen LogP contribution in [0.25, 0.3) is 0 Å². The molecular weight excluding hydrogens is 256 g/mol. The quantitative estimate of drug-likeness (QED) is 0.785. The van der Waals surface area contributed by atoms with Crippen LogP contribution in [0.5, 0.6) is 0 Å². The van der Waals surface area contributed by atoms with Crippen molar-refractivity contribution in [2.24, 2.45) is 5.92 Å². The van der Waals surface area contributed by atoms with Crippen LogP contribution in [-0.2, 0) is 17.7 Å². The Labute approximate surface area is 121 Å². The van der Waals surface area contributed by atoms with Crippen molar-refractivity contribution in [1.82, 2.24) is 10.3 Å². The first-order valence-electron chi connectivity index (χ1n) is 7.32. The van der Waals surface area contributed by atoms with Crippen LogP contribution in [0.4, 0.5) is 0 Å². The summed E-state index contributed by atoms with van der Waals surface area (Å²) in [7, 11) is 0. The van der Waals surface area contributed by atoms with E-state index in [9.17, 15) is 0 Å². The zero-order valence-corrected chi connectivity index (χ0v) is 13.9. The van der Waals surface area contributed by atoms with Crippen LogP contribution in [0.2, 0.25) is 0 Å². The number of aromatic nitrogens is 1. The number of ether oxygens (including phenoxy) is 1.